The van der Waals surface area contributed by atoms with Crippen molar-refractivity contribution in [2.45, 2.75) is 459 Å². The minimum atomic E-state index is -4.97. The summed E-state index contributed by atoms with van der Waals surface area (Å²) in [6, 6.07) is 0. The number of aliphatic hydroxyl groups is 1. The van der Waals surface area contributed by atoms with Gasteiger partial charge in [-0.05, 0) is 49.4 Å². The van der Waals surface area contributed by atoms with Gasteiger partial charge < -0.3 is 33.8 Å². The number of esters is 4. The molecule has 0 heterocycles. The van der Waals surface area contributed by atoms with Crippen LogP contribution in [0, 0.1) is 23.7 Å². The molecule has 17 nitrogen and oxygen atoms in total. The van der Waals surface area contributed by atoms with Gasteiger partial charge in [-0.1, -0.05) is 389 Å². The van der Waals surface area contributed by atoms with Crippen molar-refractivity contribution in [2.75, 3.05) is 39.6 Å². The highest BCUT2D eigenvalue weighted by Crippen LogP contribution is 2.45. The molecule has 0 aromatic rings. The van der Waals surface area contributed by atoms with Crippen LogP contribution < -0.4 is 0 Å². The fraction of sp³-hybridized carbons (Fsp3) is 0.953. The Morgan fingerprint density at radius 1 is 0.269 bits per heavy atom. The van der Waals surface area contributed by atoms with Gasteiger partial charge in [0.15, 0.2) is 12.2 Å². The summed E-state index contributed by atoms with van der Waals surface area (Å²) >= 11 is 0. The molecule has 0 rings (SSSR count). The van der Waals surface area contributed by atoms with E-state index in [0.29, 0.717) is 31.6 Å². The molecule has 0 radical (unpaired) electrons. The van der Waals surface area contributed by atoms with Crippen LogP contribution in [0.25, 0.3) is 0 Å². The van der Waals surface area contributed by atoms with Gasteiger partial charge in [0.05, 0.1) is 26.4 Å². The summed E-state index contributed by atoms with van der Waals surface area (Å²) in [7, 11) is -9.93. The Hall–Kier alpha value is -1.94. The Balaban J connectivity index is 5.22. The molecule has 0 saturated heterocycles. The molecule has 3 N–H and O–H groups in total. The van der Waals surface area contributed by atoms with Gasteiger partial charge in [-0.3, -0.25) is 37.3 Å². The van der Waals surface area contributed by atoms with Gasteiger partial charge in [0.2, 0.25) is 0 Å². The van der Waals surface area contributed by atoms with E-state index in [2.05, 4.69) is 55.4 Å². The number of rotatable bonds is 82. The molecule has 6 unspecified atom stereocenters. The second-order valence-electron chi connectivity index (χ2n) is 31.8. The molecule has 8 atom stereocenters. The zero-order chi connectivity index (χ0) is 76.7. The number of phosphoric ester groups is 2. The predicted molar refractivity (Wildman–Crippen MR) is 428 cm³/mol. The maximum atomic E-state index is 13.1. The Bertz CT molecular complexity index is 2030. The molecular formula is C85H166O17P2. The van der Waals surface area contributed by atoms with Gasteiger partial charge in [0, 0.05) is 25.7 Å². The lowest BCUT2D eigenvalue weighted by atomic mass is 9.99. The molecular weight excluding hydrogens is 1350 g/mol. The minimum Gasteiger partial charge on any atom is -0.462 e. The van der Waals surface area contributed by atoms with Crippen LogP contribution in [0.15, 0.2) is 0 Å². The summed E-state index contributed by atoms with van der Waals surface area (Å²) in [6.07, 6.45) is 62.4. The second-order valence-corrected chi connectivity index (χ2v) is 34.7. The van der Waals surface area contributed by atoms with E-state index in [-0.39, 0.29) is 25.7 Å². The van der Waals surface area contributed by atoms with Crippen molar-refractivity contribution < 1.29 is 80.2 Å². The van der Waals surface area contributed by atoms with Gasteiger partial charge in [0.25, 0.3) is 0 Å². The molecule has 0 aromatic heterocycles. The average molecular weight is 1520 g/mol. The van der Waals surface area contributed by atoms with Crippen molar-refractivity contribution >= 4 is 39.5 Å². The summed E-state index contributed by atoms with van der Waals surface area (Å²) in [5, 5.41) is 10.7. The molecule has 0 aliphatic carbocycles. The number of carbonyl (C=O) groups excluding carboxylic acids is 4. The van der Waals surface area contributed by atoms with E-state index in [1.54, 1.807) is 0 Å². The molecule has 0 aliphatic heterocycles. The number of aliphatic hydroxyl groups excluding tert-OH is 1. The van der Waals surface area contributed by atoms with Crippen LogP contribution in [0.3, 0.4) is 0 Å². The third-order valence-electron chi connectivity index (χ3n) is 20.9. The molecule has 19 heteroatoms. The van der Waals surface area contributed by atoms with Crippen LogP contribution in [-0.4, -0.2) is 96.7 Å². The zero-order valence-corrected chi connectivity index (χ0v) is 70.5. The van der Waals surface area contributed by atoms with Crippen molar-refractivity contribution in [3.63, 3.8) is 0 Å². The van der Waals surface area contributed by atoms with Crippen molar-refractivity contribution in [2.24, 2.45) is 23.7 Å². The quantitative estimate of drug-likeness (QED) is 0.0222. The smallest absolute Gasteiger partial charge is 0.462 e. The first-order valence-electron chi connectivity index (χ1n) is 43.8. The fourth-order valence-corrected chi connectivity index (χ4v) is 14.6. The lowest BCUT2D eigenvalue weighted by Gasteiger charge is -2.21. The van der Waals surface area contributed by atoms with Crippen LogP contribution >= 0.6 is 15.6 Å². The molecule has 618 valence electrons. The van der Waals surface area contributed by atoms with Crippen molar-refractivity contribution in [1.29, 1.82) is 0 Å². The molecule has 0 bridgehead atoms. The second kappa shape index (κ2) is 73.8. The van der Waals surface area contributed by atoms with Gasteiger partial charge in [0.1, 0.15) is 19.3 Å². The van der Waals surface area contributed by atoms with Crippen LogP contribution in [0.4, 0.5) is 0 Å². The first kappa shape index (κ1) is 102. The van der Waals surface area contributed by atoms with E-state index in [4.69, 9.17) is 37.0 Å². The highest BCUT2D eigenvalue weighted by Gasteiger charge is 2.31. The zero-order valence-electron chi connectivity index (χ0n) is 68.7. The highest BCUT2D eigenvalue weighted by molar-refractivity contribution is 7.47. The fourth-order valence-electron chi connectivity index (χ4n) is 13.0. The van der Waals surface area contributed by atoms with E-state index in [1.807, 2.05) is 0 Å². The maximum Gasteiger partial charge on any atom is 0.472 e. The van der Waals surface area contributed by atoms with E-state index < -0.39 is 97.5 Å². The molecule has 104 heavy (non-hydrogen) atoms. The SMILES string of the molecule is CCC(C)CCCCCCCCCCCCCCCCCCCCC(=O)OC[C@H](COP(=O)(O)OCC(O)COP(=O)(O)OC[C@@H](COC(=O)CCCCCCCCCC(C)C)OC(=O)CCCCCCCCCCCCC(C)CC)OC(=O)CCCCCCCCCCCCCCCCC(C)CC. The number of phosphoric acid groups is 2. The van der Waals surface area contributed by atoms with Crippen LogP contribution in [0.2, 0.25) is 0 Å². The molecule has 0 aliphatic rings. The molecule has 0 saturated carbocycles. The van der Waals surface area contributed by atoms with E-state index in [1.165, 1.54) is 238 Å². The average Bonchev–Trinajstić information content (AvgIpc) is 0.904. The normalized spacial score (nSPS) is 14.7. The third kappa shape index (κ3) is 74.2. The van der Waals surface area contributed by atoms with Crippen molar-refractivity contribution in [1.82, 2.24) is 0 Å². The number of hydrogen-bond donors (Lipinski definition) is 3. The van der Waals surface area contributed by atoms with Gasteiger partial charge >= 0.3 is 39.5 Å². The standard InChI is InChI=1S/C85H166O17P2/c1-9-76(6)62-54-46-38-30-24-20-16-14-12-13-15-17-22-26-33-41-49-57-65-82(87)95-71-80(101-84(89)67-59-51-42-34-27-23-19-18-21-25-31-39-47-55-63-77(7)10-2)73-99-103(91,92)97-69-79(86)70-98-104(93,94)100-74-81(72-96-83(88)66-58-50-44-36-37-45-53-61-75(4)5)102-85(90)68-60-52-43-35-29-28-32-40-48-56-64-78(8)11-3/h75-81,86H,9-74H2,1-8H3,(H,91,92)(H,93,94)/t76?,77?,78?,79?,80-,81-/m1/s1. The molecule has 0 fully saturated rings. The first-order valence-corrected chi connectivity index (χ1v) is 46.8. The third-order valence-corrected chi connectivity index (χ3v) is 22.8. The Morgan fingerprint density at radius 3 is 0.683 bits per heavy atom. The van der Waals surface area contributed by atoms with E-state index in [0.717, 1.165) is 114 Å². The van der Waals surface area contributed by atoms with Gasteiger partial charge in [-0.2, -0.15) is 0 Å². The summed E-state index contributed by atoms with van der Waals surface area (Å²) < 4.78 is 68.8. The minimum absolute atomic E-state index is 0.105. The topological polar surface area (TPSA) is 237 Å². The van der Waals surface area contributed by atoms with Crippen LogP contribution in [-0.2, 0) is 65.4 Å². The predicted octanol–water partition coefficient (Wildman–Crippen LogP) is 25.6. The monoisotopic (exact) mass is 1520 g/mol. The number of unbranched alkanes of at least 4 members (excludes halogenated alkanes) is 45. The lowest BCUT2D eigenvalue weighted by Crippen LogP contribution is -2.30. The van der Waals surface area contributed by atoms with Crippen LogP contribution in [0.5, 0.6) is 0 Å². The summed E-state index contributed by atoms with van der Waals surface area (Å²) in [5.41, 5.74) is 0. The Morgan fingerprint density at radius 2 is 0.462 bits per heavy atom. The summed E-state index contributed by atoms with van der Waals surface area (Å²) in [4.78, 5) is 73.1. The van der Waals surface area contributed by atoms with Crippen molar-refractivity contribution in [3.05, 3.63) is 0 Å². The Labute approximate surface area is 638 Å². The van der Waals surface area contributed by atoms with Crippen LogP contribution in [0.1, 0.15) is 441 Å². The van der Waals surface area contributed by atoms with Gasteiger partial charge in [-0.15, -0.1) is 0 Å². The maximum absolute atomic E-state index is 13.1. The Kier molecular flexibility index (Phi) is 72.5. The van der Waals surface area contributed by atoms with Gasteiger partial charge in [-0.25, -0.2) is 9.13 Å². The number of carbonyl (C=O) groups is 4. The molecule has 0 aromatic carbocycles. The lowest BCUT2D eigenvalue weighted by molar-refractivity contribution is -0.161. The first-order chi connectivity index (χ1) is 50.2. The summed E-state index contributed by atoms with van der Waals surface area (Å²) in [5.74, 6) is 1.12. The highest BCUT2D eigenvalue weighted by atomic mass is 31.2. The largest absolute Gasteiger partial charge is 0.472 e. The molecule has 0 amide bonds. The summed E-state index contributed by atoms with van der Waals surface area (Å²) in [6.45, 7) is 14.4. The molecule has 0 spiro atoms. The van der Waals surface area contributed by atoms with E-state index >= 15 is 0 Å². The van der Waals surface area contributed by atoms with E-state index in [9.17, 15) is 43.2 Å². The van der Waals surface area contributed by atoms with Crippen molar-refractivity contribution in [3.8, 4) is 0 Å². The number of hydrogen-bond acceptors (Lipinski definition) is 15. The number of ether oxygens (including phenoxy) is 4.